The molecule has 0 bridgehead atoms. The minimum Gasteiger partial charge on any atom is -0.303 e. The van der Waals surface area contributed by atoms with Gasteiger partial charge in [0.1, 0.15) is 0 Å². The molecule has 2 nitrogen and oxygen atoms in total. The van der Waals surface area contributed by atoms with Crippen molar-refractivity contribution in [1.29, 1.82) is 0 Å². The molecule has 2 unspecified atom stereocenters. The van der Waals surface area contributed by atoms with Gasteiger partial charge in [0, 0.05) is 13.1 Å². The molecule has 0 radical (unpaired) electrons. The molecule has 0 N–H and O–H groups in total. The van der Waals surface area contributed by atoms with Crippen LogP contribution in [0.4, 0.5) is 26.3 Å². The van der Waals surface area contributed by atoms with Crippen LogP contribution in [0.2, 0.25) is 0 Å². The molecule has 26 heavy (non-hydrogen) atoms. The van der Waals surface area contributed by atoms with Crippen LogP contribution in [0.5, 0.6) is 0 Å². The summed E-state index contributed by atoms with van der Waals surface area (Å²) in [6, 6.07) is 0. The summed E-state index contributed by atoms with van der Waals surface area (Å²) in [5.74, 6) is -2.16. The second kappa shape index (κ2) is 13.6. The molecule has 0 spiro atoms. The van der Waals surface area contributed by atoms with E-state index in [0.717, 1.165) is 13.1 Å². The van der Waals surface area contributed by atoms with Crippen molar-refractivity contribution in [3.63, 3.8) is 0 Å². The molecule has 160 valence electrons. The van der Waals surface area contributed by atoms with E-state index in [9.17, 15) is 26.3 Å². The zero-order chi connectivity index (χ0) is 21.0. The zero-order valence-electron chi connectivity index (χ0n) is 17.0. The first-order valence-corrected chi connectivity index (χ1v) is 9.66. The Balaban J connectivity index is 0. The average Bonchev–Trinajstić information content (AvgIpc) is 3.27. The van der Waals surface area contributed by atoms with E-state index in [-0.39, 0.29) is 25.9 Å². The van der Waals surface area contributed by atoms with Crippen LogP contribution in [0, 0.1) is 11.8 Å². The van der Waals surface area contributed by atoms with Crippen molar-refractivity contribution in [3.8, 4) is 0 Å². The van der Waals surface area contributed by atoms with E-state index in [1.54, 1.807) is 0 Å². The molecule has 8 heteroatoms. The minimum absolute atomic E-state index is 0.194. The predicted molar refractivity (Wildman–Crippen MR) is 95.2 cm³/mol. The van der Waals surface area contributed by atoms with Gasteiger partial charge in [0.25, 0.3) is 0 Å². The third-order valence-corrected chi connectivity index (χ3v) is 4.36. The van der Waals surface area contributed by atoms with E-state index in [0.29, 0.717) is 13.1 Å². The van der Waals surface area contributed by atoms with Gasteiger partial charge in [-0.3, -0.25) is 0 Å². The van der Waals surface area contributed by atoms with Crippen molar-refractivity contribution in [2.75, 3.05) is 39.3 Å². The van der Waals surface area contributed by atoms with E-state index in [1.165, 1.54) is 0 Å². The topological polar surface area (TPSA) is 6.48 Å². The maximum atomic E-state index is 12.0. The highest BCUT2D eigenvalue weighted by Crippen LogP contribution is 2.33. The Morgan fingerprint density at radius 1 is 0.654 bits per heavy atom. The minimum atomic E-state index is -3.98. The van der Waals surface area contributed by atoms with Crippen LogP contribution in [0.3, 0.4) is 0 Å². The molecule has 2 aliphatic heterocycles. The molecule has 2 heterocycles. The molecule has 2 atom stereocenters. The molecule has 2 aliphatic rings. The number of nitrogens with zero attached hydrogens (tertiary/aromatic N) is 2. The summed E-state index contributed by atoms with van der Waals surface area (Å²) in [7, 11) is 0. The van der Waals surface area contributed by atoms with Crippen LogP contribution < -0.4 is 0 Å². The fourth-order valence-electron chi connectivity index (χ4n) is 2.77. The lowest BCUT2D eigenvalue weighted by atomic mass is 10.1. The Labute approximate surface area is 154 Å². The Bertz CT molecular complexity index is 299. The number of hydrogen-bond acceptors (Lipinski definition) is 2. The fraction of sp³-hybridized carbons (Fsp3) is 1.00. The number of halogens is 6. The van der Waals surface area contributed by atoms with E-state index in [1.807, 2.05) is 51.3 Å². The van der Waals surface area contributed by atoms with Gasteiger partial charge in [-0.1, -0.05) is 41.5 Å². The molecule has 0 aliphatic carbocycles. The van der Waals surface area contributed by atoms with Crippen molar-refractivity contribution in [3.05, 3.63) is 0 Å². The second-order valence-corrected chi connectivity index (χ2v) is 5.84. The number of alkyl halides is 6. The summed E-state index contributed by atoms with van der Waals surface area (Å²) in [6.45, 7) is 14.8. The Morgan fingerprint density at radius 2 is 0.923 bits per heavy atom. The van der Waals surface area contributed by atoms with Gasteiger partial charge < -0.3 is 9.80 Å². The van der Waals surface area contributed by atoms with Crippen LogP contribution in [0.15, 0.2) is 0 Å². The summed E-state index contributed by atoms with van der Waals surface area (Å²) in [4.78, 5) is 3.66. The van der Waals surface area contributed by atoms with E-state index in [2.05, 4.69) is 0 Å². The Kier molecular flexibility index (Phi) is 14.5. The summed E-state index contributed by atoms with van der Waals surface area (Å²) >= 11 is 0. The molecule has 0 saturated carbocycles. The predicted octanol–water partition coefficient (Wildman–Crippen LogP) is 5.83. The summed E-state index contributed by atoms with van der Waals surface area (Å²) < 4.78 is 72.3. The molecule has 2 saturated heterocycles. The SMILES string of the molecule is CC.CC.CCN1CCC(C(F)(F)F)C1.CCN1CCC(C(F)(F)F)C1. The highest BCUT2D eigenvalue weighted by Gasteiger charge is 2.43. The van der Waals surface area contributed by atoms with E-state index >= 15 is 0 Å². The van der Waals surface area contributed by atoms with Crippen molar-refractivity contribution in [2.24, 2.45) is 11.8 Å². The Morgan fingerprint density at radius 3 is 1.04 bits per heavy atom. The third kappa shape index (κ3) is 10.6. The summed E-state index contributed by atoms with van der Waals surface area (Å²) in [6.07, 6.45) is -7.41. The number of likely N-dealkylation sites (tertiary alicyclic amines) is 2. The number of rotatable bonds is 2. The third-order valence-electron chi connectivity index (χ3n) is 4.36. The maximum absolute atomic E-state index is 12.0. The molecular formula is C18H36F6N2. The number of hydrogen-bond donors (Lipinski definition) is 0. The van der Waals surface area contributed by atoms with E-state index in [4.69, 9.17) is 0 Å². The lowest BCUT2D eigenvalue weighted by Gasteiger charge is -2.15. The molecule has 0 aromatic carbocycles. The first-order valence-electron chi connectivity index (χ1n) is 9.66. The monoisotopic (exact) mass is 394 g/mol. The van der Waals surface area contributed by atoms with Crippen LogP contribution >= 0.6 is 0 Å². The van der Waals surface area contributed by atoms with Gasteiger partial charge in [-0.25, -0.2) is 0 Å². The lowest BCUT2D eigenvalue weighted by Crippen LogP contribution is -2.27. The van der Waals surface area contributed by atoms with Crippen LogP contribution in [0.25, 0.3) is 0 Å². The van der Waals surface area contributed by atoms with Gasteiger partial charge in [0.05, 0.1) is 11.8 Å². The Hall–Kier alpha value is -0.500. The molecule has 0 aromatic rings. The standard InChI is InChI=1S/2C7H12F3N.2C2H6/c2*1-2-11-4-3-6(5-11)7(8,9)10;2*1-2/h2*6H,2-5H2,1H3;2*1-2H3. The van der Waals surface area contributed by atoms with Crippen molar-refractivity contribution in [2.45, 2.75) is 66.7 Å². The van der Waals surface area contributed by atoms with Gasteiger partial charge in [0.15, 0.2) is 0 Å². The van der Waals surface area contributed by atoms with Gasteiger partial charge in [-0.15, -0.1) is 0 Å². The second-order valence-electron chi connectivity index (χ2n) is 5.84. The molecule has 2 rings (SSSR count). The fourth-order valence-corrected chi connectivity index (χ4v) is 2.77. The van der Waals surface area contributed by atoms with Crippen LogP contribution in [0.1, 0.15) is 54.4 Å². The maximum Gasteiger partial charge on any atom is 0.393 e. The largest absolute Gasteiger partial charge is 0.393 e. The van der Waals surface area contributed by atoms with Gasteiger partial charge >= 0.3 is 12.4 Å². The molecule has 0 aromatic heterocycles. The zero-order valence-corrected chi connectivity index (χ0v) is 17.0. The van der Waals surface area contributed by atoms with Crippen molar-refractivity contribution < 1.29 is 26.3 Å². The van der Waals surface area contributed by atoms with Crippen molar-refractivity contribution in [1.82, 2.24) is 9.80 Å². The average molecular weight is 394 g/mol. The summed E-state index contributed by atoms with van der Waals surface area (Å²) in [5.41, 5.74) is 0. The van der Waals surface area contributed by atoms with Gasteiger partial charge in [0.2, 0.25) is 0 Å². The smallest absolute Gasteiger partial charge is 0.303 e. The van der Waals surface area contributed by atoms with E-state index < -0.39 is 24.2 Å². The van der Waals surface area contributed by atoms with Gasteiger partial charge in [-0.2, -0.15) is 26.3 Å². The molecule has 0 amide bonds. The molecule has 2 fully saturated rings. The highest BCUT2D eigenvalue weighted by atomic mass is 19.4. The van der Waals surface area contributed by atoms with Crippen LogP contribution in [-0.4, -0.2) is 61.4 Å². The lowest BCUT2D eigenvalue weighted by molar-refractivity contribution is -0.171. The molecular weight excluding hydrogens is 358 g/mol. The van der Waals surface area contributed by atoms with Crippen molar-refractivity contribution >= 4 is 0 Å². The normalized spacial score (nSPS) is 24.0. The highest BCUT2D eigenvalue weighted by molar-refractivity contribution is 4.80. The summed E-state index contributed by atoms with van der Waals surface area (Å²) in [5, 5.41) is 0. The first kappa shape index (κ1) is 27.7. The van der Waals surface area contributed by atoms with Crippen LogP contribution in [-0.2, 0) is 0 Å². The van der Waals surface area contributed by atoms with Gasteiger partial charge in [-0.05, 0) is 39.0 Å². The first-order chi connectivity index (χ1) is 12.1. The quantitative estimate of drug-likeness (QED) is 0.544.